The van der Waals surface area contributed by atoms with Crippen LogP contribution in [0.3, 0.4) is 0 Å². The van der Waals surface area contributed by atoms with E-state index < -0.39 is 5.97 Å². The van der Waals surface area contributed by atoms with Gasteiger partial charge < -0.3 is 25.0 Å². The number of benzene rings is 1. The number of hydrogen-bond donors (Lipinski definition) is 3. The lowest BCUT2D eigenvalue weighted by molar-refractivity contribution is 0.0697. The number of nitrogens with one attached hydrogen (secondary N) is 1. The molecule has 1 aliphatic heterocycles. The van der Waals surface area contributed by atoms with E-state index >= 15 is 0 Å². The molecule has 3 heterocycles. The number of carbonyl (C=O) groups is 1. The van der Waals surface area contributed by atoms with E-state index in [9.17, 15) is 9.90 Å². The van der Waals surface area contributed by atoms with Crippen molar-refractivity contribution in [3.63, 3.8) is 0 Å². The van der Waals surface area contributed by atoms with E-state index in [1.54, 1.807) is 30.5 Å². The largest absolute Gasteiger partial charge is 0.478 e. The molecule has 1 aliphatic rings. The Bertz CT molecular complexity index is 1020. The first kappa shape index (κ1) is 19.1. The highest BCUT2D eigenvalue weighted by atomic mass is 32.1. The van der Waals surface area contributed by atoms with Gasteiger partial charge in [0.2, 0.25) is 0 Å². The minimum atomic E-state index is -0.959. The number of nitrogens with zero attached hydrogens (tertiary/aromatic N) is 3. The fourth-order valence-corrected chi connectivity index (χ4v) is 4.04. The first-order valence-corrected chi connectivity index (χ1v) is 9.61. The number of hydrogen-bond acceptors (Lipinski definition) is 4. The third kappa shape index (κ3) is 3.59. The summed E-state index contributed by atoms with van der Waals surface area (Å²) in [6.07, 6.45) is 3.68. The molecule has 2 atom stereocenters. The summed E-state index contributed by atoms with van der Waals surface area (Å²) in [6, 6.07) is 16.1. The van der Waals surface area contributed by atoms with E-state index in [-0.39, 0.29) is 24.3 Å². The molecule has 1 fully saturated rings. The van der Waals surface area contributed by atoms with Crippen molar-refractivity contribution < 1.29 is 15.0 Å². The molecule has 7 nitrogen and oxygen atoms in total. The Morgan fingerprint density at radius 1 is 1.14 bits per heavy atom. The molecule has 0 amide bonds. The lowest BCUT2D eigenvalue weighted by Crippen LogP contribution is -2.32. The SMILES string of the molecule is O=C(O)c1ccc(-n2cccc2[C@@H]2[C@H](c3ccccn3)NC(=S)N2CCO)cc1. The average molecular weight is 408 g/mol. The summed E-state index contributed by atoms with van der Waals surface area (Å²) in [4.78, 5) is 17.6. The van der Waals surface area contributed by atoms with Crippen molar-refractivity contribution in [2.24, 2.45) is 0 Å². The Kier molecular flexibility index (Phi) is 5.28. The molecule has 2 aromatic heterocycles. The van der Waals surface area contributed by atoms with Crippen molar-refractivity contribution in [1.82, 2.24) is 19.8 Å². The summed E-state index contributed by atoms with van der Waals surface area (Å²) in [5.74, 6) is -0.959. The van der Waals surface area contributed by atoms with Crippen LogP contribution in [0.5, 0.6) is 0 Å². The third-order valence-corrected chi connectivity index (χ3v) is 5.37. The zero-order valence-electron chi connectivity index (χ0n) is 15.5. The number of aliphatic hydroxyl groups excluding tert-OH is 1. The van der Waals surface area contributed by atoms with E-state index in [1.807, 2.05) is 46.0 Å². The van der Waals surface area contributed by atoms with Gasteiger partial charge in [0.15, 0.2) is 5.11 Å². The van der Waals surface area contributed by atoms with E-state index in [0.717, 1.165) is 17.1 Å². The summed E-state index contributed by atoms with van der Waals surface area (Å²) in [5, 5.41) is 22.6. The van der Waals surface area contributed by atoms with Gasteiger partial charge in [-0.05, 0) is 60.7 Å². The average Bonchev–Trinajstić information content (AvgIpc) is 3.34. The second kappa shape index (κ2) is 8.02. The van der Waals surface area contributed by atoms with Crippen LogP contribution in [0.1, 0.15) is 33.8 Å². The topological polar surface area (TPSA) is 90.6 Å². The Hall–Kier alpha value is -3.23. The highest BCUT2D eigenvalue weighted by Crippen LogP contribution is 2.39. The minimum Gasteiger partial charge on any atom is -0.478 e. The maximum atomic E-state index is 11.2. The number of aliphatic hydroxyl groups is 1. The normalized spacial score (nSPS) is 18.7. The molecule has 0 bridgehead atoms. The molecule has 4 rings (SSSR count). The Labute approximate surface area is 173 Å². The van der Waals surface area contributed by atoms with Gasteiger partial charge in [0, 0.05) is 30.3 Å². The third-order valence-electron chi connectivity index (χ3n) is 5.01. The minimum absolute atomic E-state index is 0.0265. The number of aromatic nitrogens is 2. The van der Waals surface area contributed by atoms with Crippen LogP contribution < -0.4 is 5.32 Å². The zero-order valence-corrected chi connectivity index (χ0v) is 16.3. The summed E-state index contributed by atoms with van der Waals surface area (Å²) in [7, 11) is 0. The summed E-state index contributed by atoms with van der Waals surface area (Å²) >= 11 is 5.54. The van der Waals surface area contributed by atoms with Gasteiger partial charge >= 0.3 is 5.97 Å². The molecular weight excluding hydrogens is 388 g/mol. The van der Waals surface area contributed by atoms with Crippen molar-refractivity contribution >= 4 is 23.3 Å². The lowest BCUT2D eigenvalue weighted by Gasteiger charge is -2.28. The molecule has 0 aliphatic carbocycles. The smallest absolute Gasteiger partial charge is 0.335 e. The van der Waals surface area contributed by atoms with Gasteiger partial charge in [0.05, 0.1) is 29.9 Å². The summed E-state index contributed by atoms with van der Waals surface area (Å²) < 4.78 is 2.01. The van der Waals surface area contributed by atoms with Crippen LogP contribution in [0.25, 0.3) is 5.69 Å². The van der Waals surface area contributed by atoms with Crippen LogP contribution in [0.4, 0.5) is 0 Å². The number of carboxylic acids is 1. The van der Waals surface area contributed by atoms with Crippen LogP contribution in [0.2, 0.25) is 0 Å². The molecule has 8 heteroatoms. The van der Waals surface area contributed by atoms with Gasteiger partial charge in [-0.3, -0.25) is 4.98 Å². The van der Waals surface area contributed by atoms with Crippen molar-refractivity contribution in [3.8, 4) is 5.69 Å². The molecule has 0 saturated carbocycles. The standard InChI is InChI=1S/C21H20N4O3S/c26-13-12-25-19(18(23-21(25)29)16-4-1-2-10-22-16)17-5-3-11-24(17)15-8-6-14(7-9-15)20(27)28/h1-11,18-19,26H,12-13H2,(H,23,29)(H,27,28)/t18-,19+/m0/s1. The second-order valence-electron chi connectivity index (χ2n) is 6.70. The lowest BCUT2D eigenvalue weighted by atomic mass is 10.0. The zero-order chi connectivity index (χ0) is 20.4. The Balaban J connectivity index is 1.77. The van der Waals surface area contributed by atoms with Crippen LogP contribution in [0, 0.1) is 0 Å². The summed E-state index contributed by atoms with van der Waals surface area (Å²) in [5.41, 5.74) is 2.90. The van der Waals surface area contributed by atoms with E-state index in [1.165, 1.54) is 0 Å². The van der Waals surface area contributed by atoms with Gasteiger partial charge in [-0.25, -0.2) is 4.79 Å². The predicted molar refractivity (Wildman–Crippen MR) is 112 cm³/mol. The molecule has 3 N–H and O–H groups in total. The highest BCUT2D eigenvalue weighted by molar-refractivity contribution is 7.80. The number of carboxylic acid groups (broad SMARTS) is 1. The monoisotopic (exact) mass is 408 g/mol. The fraction of sp³-hybridized carbons (Fsp3) is 0.190. The Morgan fingerprint density at radius 3 is 2.59 bits per heavy atom. The molecule has 0 radical (unpaired) electrons. The van der Waals surface area contributed by atoms with Gasteiger partial charge in [-0.15, -0.1) is 0 Å². The van der Waals surface area contributed by atoms with E-state index in [4.69, 9.17) is 17.3 Å². The molecule has 148 valence electrons. The van der Waals surface area contributed by atoms with Gasteiger partial charge in [0.1, 0.15) is 0 Å². The molecular formula is C21H20N4O3S. The quantitative estimate of drug-likeness (QED) is 0.540. The van der Waals surface area contributed by atoms with Gasteiger partial charge in [0.25, 0.3) is 0 Å². The van der Waals surface area contributed by atoms with Crippen molar-refractivity contribution in [3.05, 3.63) is 83.9 Å². The number of aromatic carboxylic acids is 1. The molecule has 3 aromatic rings. The maximum Gasteiger partial charge on any atom is 0.335 e. The second-order valence-corrected chi connectivity index (χ2v) is 7.09. The molecule has 1 aromatic carbocycles. The van der Waals surface area contributed by atoms with Crippen molar-refractivity contribution in [2.45, 2.75) is 12.1 Å². The molecule has 1 saturated heterocycles. The van der Waals surface area contributed by atoms with Crippen LogP contribution in [0.15, 0.2) is 67.0 Å². The number of rotatable bonds is 6. The van der Waals surface area contributed by atoms with Gasteiger partial charge in [-0.1, -0.05) is 6.07 Å². The van der Waals surface area contributed by atoms with Crippen LogP contribution in [-0.4, -0.2) is 48.9 Å². The first-order valence-electron chi connectivity index (χ1n) is 9.20. The molecule has 0 spiro atoms. The highest BCUT2D eigenvalue weighted by Gasteiger charge is 2.40. The maximum absolute atomic E-state index is 11.2. The van der Waals surface area contributed by atoms with Crippen molar-refractivity contribution in [2.75, 3.05) is 13.2 Å². The fourth-order valence-electron chi connectivity index (χ4n) is 3.71. The number of pyridine rings is 1. The predicted octanol–water partition coefficient (Wildman–Crippen LogP) is 2.54. The van der Waals surface area contributed by atoms with E-state index in [0.29, 0.717) is 11.7 Å². The van der Waals surface area contributed by atoms with Gasteiger partial charge in [-0.2, -0.15) is 0 Å². The Morgan fingerprint density at radius 2 is 1.93 bits per heavy atom. The summed E-state index contributed by atoms with van der Waals surface area (Å²) in [6.45, 7) is 0.365. The number of thiocarbonyl (C=S) groups is 1. The van der Waals surface area contributed by atoms with Crippen molar-refractivity contribution in [1.29, 1.82) is 0 Å². The van der Waals surface area contributed by atoms with E-state index in [2.05, 4.69) is 10.3 Å². The molecule has 29 heavy (non-hydrogen) atoms. The van der Waals surface area contributed by atoms with Crippen LogP contribution >= 0.6 is 12.2 Å². The molecule has 0 unspecified atom stereocenters. The first-order chi connectivity index (χ1) is 14.1. The van der Waals surface area contributed by atoms with Crippen LogP contribution in [-0.2, 0) is 0 Å². The number of β-amino-alcohol motifs (C(OH)–C–C–N with tert-alkyl or cyclic N) is 1.